The van der Waals surface area contributed by atoms with Crippen molar-refractivity contribution in [1.29, 1.82) is 0 Å². The van der Waals surface area contributed by atoms with Crippen LogP contribution in [-0.2, 0) is 6.42 Å². The SMILES string of the molecule is C1=Cc2c(c(Cc3ccccc3)cc3ccccc23)OC1. The van der Waals surface area contributed by atoms with Crippen molar-refractivity contribution in [3.05, 3.63) is 83.4 Å². The summed E-state index contributed by atoms with van der Waals surface area (Å²) < 4.78 is 5.95. The molecule has 0 spiro atoms. The third kappa shape index (κ3) is 2.21. The van der Waals surface area contributed by atoms with Crippen LogP contribution in [0.2, 0.25) is 0 Å². The number of benzene rings is 3. The maximum absolute atomic E-state index is 5.95. The molecule has 0 aromatic heterocycles. The molecule has 0 unspecified atom stereocenters. The Labute approximate surface area is 124 Å². The Morgan fingerprint density at radius 2 is 1.71 bits per heavy atom. The van der Waals surface area contributed by atoms with Gasteiger partial charge in [0.15, 0.2) is 0 Å². The van der Waals surface area contributed by atoms with E-state index in [2.05, 4.69) is 72.8 Å². The van der Waals surface area contributed by atoms with E-state index in [4.69, 9.17) is 4.74 Å². The highest BCUT2D eigenvalue weighted by atomic mass is 16.5. The van der Waals surface area contributed by atoms with E-state index >= 15 is 0 Å². The molecule has 1 aliphatic heterocycles. The molecule has 0 aliphatic carbocycles. The molecule has 0 radical (unpaired) electrons. The molecule has 0 saturated carbocycles. The molecule has 0 amide bonds. The molecule has 0 fully saturated rings. The third-order valence-corrected chi connectivity index (χ3v) is 3.96. The molecule has 3 aromatic carbocycles. The lowest BCUT2D eigenvalue weighted by Crippen LogP contribution is -2.05. The van der Waals surface area contributed by atoms with Crippen LogP contribution in [0.1, 0.15) is 16.7 Å². The maximum Gasteiger partial charge on any atom is 0.131 e. The number of ether oxygens (including phenoxy) is 1. The highest BCUT2D eigenvalue weighted by Crippen LogP contribution is 2.36. The minimum Gasteiger partial charge on any atom is -0.489 e. The van der Waals surface area contributed by atoms with Gasteiger partial charge in [0, 0.05) is 12.0 Å². The van der Waals surface area contributed by atoms with Crippen molar-refractivity contribution in [2.24, 2.45) is 0 Å². The minimum atomic E-state index is 0.660. The van der Waals surface area contributed by atoms with Crippen molar-refractivity contribution in [2.45, 2.75) is 6.42 Å². The molecule has 1 aliphatic rings. The summed E-state index contributed by atoms with van der Waals surface area (Å²) in [6.07, 6.45) is 5.18. The Morgan fingerprint density at radius 1 is 0.905 bits per heavy atom. The highest BCUT2D eigenvalue weighted by Gasteiger charge is 2.15. The van der Waals surface area contributed by atoms with Crippen molar-refractivity contribution in [3.63, 3.8) is 0 Å². The van der Waals surface area contributed by atoms with Crippen molar-refractivity contribution < 1.29 is 4.74 Å². The summed E-state index contributed by atoms with van der Waals surface area (Å²) in [6, 6.07) is 21.3. The summed E-state index contributed by atoms with van der Waals surface area (Å²) in [7, 11) is 0. The van der Waals surface area contributed by atoms with Gasteiger partial charge in [0.1, 0.15) is 12.4 Å². The van der Waals surface area contributed by atoms with Crippen LogP contribution in [-0.4, -0.2) is 6.61 Å². The van der Waals surface area contributed by atoms with Gasteiger partial charge in [-0.2, -0.15) is 0 Å². The van der Waals surface area contributed by atoms with Crippen LogP contribution in [0.25, 0.3) is 16.8 Å². The van der Waals surface area contributed by atoms with Crippen LogP contribution in [0.15, 0.2) is 66.7 Å². The zero-order chi connectivity index (χ0) is 14.1. The predicted molar refractivity (Wildman–Crippen MR) is 87.7 cm³/mol. The quantitative estimate of drug-likeness (QED) is 0.649. The topological polar surface area (TPSA) is 9.23 Å². The lowest BCUT2D eigenvalue weighted by molar-refractivity contribution is 0.356. The summed E-state index contributed by atoms with van der Waals surface area (Å²) in [5.41, 5.74) is 3.79. The Balaban J connectivity index is 1.91. The van der Waals surface area contributed by atoms with Gasteiger partial charge in [0.25, 0.3) is 0 Å². The Hall–Kier alpha value is -2.54. The average Bonchev–Trinajstić information content (AvgIpc) is 2.56. The number of fused-ring (bicyclic) bond motifs is 3. The van der Waals surface area contributed by atoms with Gasteiger partial charge in [0.2, 0.25) is 0 Å². The van der Waals surface area contributed by atoms with Crippen LogP contribution >= 0.6 is 0 Å². The van der Waals surface area contributed by atoms with Crippen LogP contribution in [0.4, 0.5) is 0 Å². The monoisotopic (exact) mass is 272 g/mol. The summed E-state index contributed by atoms with van der Waals surface area (Å²) >= 11 is 0. The van der Waals surface area contributed by atoms with Gasteiger partial charge in [-0.3, -0.25) is 0 Å². The summed E-state index contributed by atoms with van der Waals surface area (Å²) in [6.45, 7) is 0.660. The van der Waals surface area contributed by atoms with E-state index in [9.17, 15) is 0 Å². The first kappa shape index (κ1) is 12.2. The van der Waals surface area contributed by atoms with E-state index in [0.29, 0.717) is 6.61 Å². The Bertz CT molecular complexity index is 816. The Morgan fingerprint density at radius 3 is 2.62 bits per heavy atom. The maximum atomic E-state index is 5.95. The number of rotatable bonds is 2. The van der Waals surface area contributed by atoms with Gasteiger partial charge in [0.05, 0.1) is 0 Å². The third-order valence-electron chi connectivity index (χ3n) is 3.96. The van der Waals surface area contributed by atoms with Gasteiger partial charge >= 0.3 is 0 Å². The predicted octanol–water partition coefficient (Wildman–Crippen LogP) is 4.84. The van der Waals surface area contributed by atoms with Gasteiger partial charge in [-0.1, -0.05) is 60.7 Å². The molecule has 0 atom stereocenters. The first-order chi connectivity index (χ1) is 10.4. The standard InChI is InChI=1S/C20H16O/c1-2-7-15(8-3-1)13-17-14-16-9-4-5-10-18(16)19-11-6-12-21-20(17)19/h1-11,14H,12-13H2. The summed E-state index contributed by atoms with van der Waals surface area (Å²) in [4.78, 5) is 0. The molecule has 1 nitrogen and oxygen atoms in total. The van der Waals surface area contributed by atoms with Crippen molar-refractivity contribution in [1.82, 2.24) is 0 Å². The molecule has 102 valence electrons. The Kier molecular flexibility index (Phi) is 2.97. The second-order valence-corrected chi connectivity index (χ2v) is 5.38. The molecule has 21 heavy (non-hydrogen) atoms. The van der Waals surface area contributed by atoms with E-state index in [-0.39, 0.29) is 0 Å². The van der Waals surface area contributed by atoms with Gasteiger partial charge in [-0.25, -0.2) is 0 Å². The molecular formula is C20H16O. The fourth-order valence-electron chi connectivity index (χ4n) is 3.00. The zero-order valence-electron chi connectivity index (χ0n) is 11.8. The average molecular weight is 272 g/mol. The first-order valence-corrected chi connectivity index (χ1v) is 7.30. The van der Waals surface area contributed by atoms with Crippen molar-refractivity contribution in [3.8, 4) is 5.75 Å². The largest absolute Gasteiger partial charge is 0.489 e. The molecule has 4 rings (SSSR count). The van der Waals surface area contributed by atoms with Crippen molar-refractivity contribution in [2.75, 3.05) is 6.61 Å². The van der Waals surface area contributed by atoms with E-state index in [1.54, 1.807) is 0 Å². The fourth-order valence-corrected chi connectivity index (χ4v) is 3.00. The lowest BCUT2D eigenvalue weighted by Gasteiger charge is -2.19. The zero-order valence-corrected chi connectivity index (χ0v) is 11.8. The van der Waals surface area contributed by atoms with Crippen LogP contribution in [0.3, 0.4) is 0 Å². The molecule has 0 N–H and O–H groups in total. The van der Waals surface area contributed by atoms with Crippen molar-refractivity contribution >= 4 is 16.8 Å². The second kappa shape index (κ2) is 5.10. The van der Waals surface area contributed by atoms with Gasteiger partial charge < -0.3 is 4.74 Å². The molecule has 3 aromatic rings. The molecule has 0 bridgehead atoms. The molecule has 1 heterocycles. The van der Waals surface area contributed by atoms with Gasteiger partial charge in [-0.15, -0.1) is 0 Å². The summed E-state index contributed by atoms with van der Waals surface area (Å²) in [5, 5.41) is 2.54. The second-order valence-electron chi connectivity index (χ2n) is 5.38. The van der Waals surface area contributed by atoms with Crippen LogP contribution in [0.5, 0.6) is 5.75 Å². The smallest absolute Gasteiger partial charge is 0.131 e. The van der Waals surface area contributed by atoms with E-state index < -0.39 is 0 Å². The molecule has 0 saturated heterocycles. The first-order valence-electron chi connectivity index (χ1n) is 7.30. The van der Waals surface area contributed by atoms with E-state index in [0.717, 1.165) is 12.2 Å². The minimum absolute atomic E-state index is 0.660. The fraction of sp³-hybridized carbons (Fsp3) is 0.100. The number of hydrogen-bond acceptors (Lipinski definition) is 1. The lowest BCUT2D eigenvalue weighted by atomic mass is 9.94. The van der Waals surface area contributed by atoms with E-state index in [1.165, 1.54) is 27.5 Å². The van der Waals surface area contributed by atoms with Gasteiger partial charge in [-0.05, 0) is 34.0 Å². The highest BCUT2D eigenvalue weighted by molar-refractivity contribution is 5.94. The molecular weight excluding hydrogens is 256 g/mol. The van der Waals surface area contributed by atoms with E-state index in [1.807, 2.05) is 0 Å². The number of hydrogen-bond donors (Lipinski definition) is 0. The van der Waals surface area contributed by atoms with Crippen LogP contribution < -0.4 is 4.74 Å². The molecule has 1 heteroatoms. The summed E-state index contributed by atoms with van der Waals surface area (Å²) in [5.74, 6) is 1.04. The normalized spacial score (nSPS) is 13.0. The van der Waals surface area contributed by atoms with Crippen LogP contribution in [0, 0.1) is 0 Å².